The number of carbonyl (C=O) groups is 1. The molecule has 0 fully saturated rings. The van der Waals surface area contributed by atoms with Crippen molar-refractivity contribution < 1.29 is 9.53 Å². The first-order valence-corrected chi connectivity index (χ1v) is 5.43. The number of hydrogen-bond acceptors (Lipinski definition) is 3. The highest BCUT2D eigenvalue weighted by Crippen LogP contribution is 2.08. The second-order valence-electron chi connectivity index (χ2n) is 3.50. The van der Waals surface area contributed by atoms with E-state index in [4.69, 9.17) is 10.5 Å². The summed E-state index contributed by atoms with van der Waals surface area (Å²) in [7, 11) is 0. The van der Waals surface area contributed by atoms with Crippen molar-refractivity contribution in [1.82, 2.24) is 0 Å². The molecule has 3 N–H and O–H groups in total. The van der Waals surface area contributed by atoms with E-state index in [2.05, 4.69) is 5.32 Å². The Hall–Kier alpha value is -1.10. The van der Waals surface area contributed by atoms with Gasteiger partial charge in [0.25, 0.3) is 0 Å². The van der Waals surface area contributed by atoms with Gasteiger partial charge >= 0.3 is 0 Å². The fraction of sp³-hybridized carbons (Fsp3) is 0.417. The number of hydrogen-bond donors (Lipinski definition) is 2. The van der Waals surface area contributed by atoms with Crippen LogP contribution in [-0.2, 0) is 16.1 Å². The van der Waals surface area contributed by atoms with Crippen molar-refractivity contribution >= 4 is 24.0 Å². The Bertz CT molecular complexity index is 328. The van der Waals surface area contributed by atoms with Crippen LogP contribution in [0.1, 0.15) is 18.9 Å². The Balaban J connectivity index is 0.00000256. The van der Waals surface area contributed by atoms with E-state index in [1.54, 1.807) is 0 Å². The average molecular weight is 259 g/mol. The smallest absolute Gasteiger partial charge is 0.250 e. The Morgan fingerprint density at radius 2 is 2.00 bits per heavy atom. The number of nitrogens with one attached hydrogen (secondary N) is 1. The van der Waals surface area contributed by atoms with Crippen molar-refractivity contribution in [3.05, 3.63) is 29.8 Å². The first-order valence-electron chi connectivity index (χ1n) is 5.43. The average Bonchev–Trinajstić information content (AvgIpc) is 2.30. The Labute approximate surface area is 108 Å². The predicted molar refractivity (Wildman–Crippen MR) is 71.3 cm³/mol. The molecule has 1 rings (SSSR count). The molecule has 1 aromatic carbocycles. The number of halogens is 1. The molecule has 0 spiro atoms. The lowest BCUT2D eigenvalue weighted by Crippen LogP contribution is -2.18. The predicted octanol–water partition coefficient (Wildman–Crippen LogP) is 1.93. The molecular weight excluding hydrogens is 240 g/mol. The molecule has 0 unspecified atom stereocenters. The van der Waals surface area contributed by atoms with E-state index in [0.717, 1.165) is 17.7 Å². The summed E-state index contributed by atoms with van der Waals surface area (Å²) in [6.07, 6.45) is 0.915. The van der Waals surface area contributed by atoms with Crippen molar-refractivity contribution in [3.8, 4) is 0 Å². The molecule has 5 heteroatoms. The molecule has 0 atom stereocenters. The minimum atomic E-state index is -0.131. The minimum Gasteiger partial charge on any atom is -0.372 e. The number of benzene rings is 1. The van der Waals surface area contributed by atoms with E-state index in [1.807, 2.05) is 31.2 Å². The number of anilines is 1. The lowest BCUT2D eigenvalue weighted by atomic mass is 10.2. The number of carbonyl (C=O) groups excluding carboxylic acids is 1. The molecule has 0 aliphatic heterocycles. The fourth-order valence-electron chi connectivity index (χ4n) is 1.23. The third-order valence-electron chi connectivity index (χ3n) is 2.06. The molecule has 1 aromatic rings. The zero-order chi connectivity index (χ0) is 11.8. The van der Waals surface area contributed by atoms with E-state index in [0.29, 0.717) is 13.2 Å². The first-order chi connectivity index (χ1) is 7.76. The lowest BCUT2D eigenvalue weighted by Gasteiger charge is -2.06. The molecule has 0 bridgehead atoms. The van der Waals surface area contributed by atoms with Crippen LogP contribution in [0, 0.1) is 0 Å². The van der Waals surface area contributed by atoms with Gasteiger partial charge in [-0.15, -0.1) is 12.4 Å². The number of rotatable bonds is 6. The van der Waals surface area contributed by atoms with Gasteiger partial charge in [-0.25, -0.2) is 0 Å². The molecule has 4 nitrogen and oxygen atoms in total. The summed E-state index contributed by atoms with van der Waals surface area (Å²) in [5.74, 6) is -0.131. The van der Waals surface area contributed by atoms with Crippen molar-refractivity contribution in [3.63, 3.8) is 0 Å². The van der Waals surface area contributed by atoms with Gasteiger partial charge < -0.3 is 15.8 Å². The van der Waals surface area contributed by atoms with Crippen LogP contribution in [0.4, 0.5) is 5.69 Å². The molecule has 0 heterocycles. The maximum absolute atomic E-state index is 11.4. The molecule has 0 saturated carbocycles. The Morgan fingerprint density at radius 1 is 1.35 bits per heavy atom. The van der Waals surface area contributed by atoms with E-state index >= 15 is 0 Å². The largest absolute Gasteiger partial charge is 0.372 e. The van der Waals surface area contributed by atoms with Crippen LogP contribution in [0.15, 0.2) is 24.3 Å². The summed E-state index contributed by atoms with van der Waals surface area (Å²) in [5, 5.41) is 2.75. The van der Waals surface area contributed by atoms with Crippen molar-refractivity contribution in [2.45, 2.75) is 19.9 Å². The molecule has 0 saturated heterocycles. The van der Waals surface area contributed by atoms with Gasteiger partial charge in [-0.05, 0) is 24.1 Å². The minimum absolute atomic E-state index is 0. The zero-order valence-electron chi connectivity index (χ0n) is 9.94. The van der Waals surface area contributed by atoms with Gasteiger partial charge in [0.05, 0.1) is 0 Å². The second-order valence-corrected chi connectivity index (χ2v) is 3.50. The third kappa shape index (κ3) is 6.26. The SMILES string of the molecule is CCCOCC(=O)Nc1ccc(CN)cc1.Cl. The third-order valence-corrected chi connectivity index (χ3v) is 2.06. The second kappa shape index (κ2) is 8.98. The van der Waals surface area contributed by atoms with Crippen LogP contribution in [0.3, 0.4) is 0 Å². The maximum atomic E-state index is 11.4. The molecular formula is C12H19ClN2O2. The van der Waals surface area contributed by atoms with E-state index < -0.39 is 0 Å². The van der Waals surface area contributed by atoms with Crippen LogP contribution in [0.2, 0.25) is 0 Å². The summed E-state index contributed by atoms with van der Waals surface area (Å²) < 4.78 is 5.13. The van der Waals surface area contributed by atoms with Crippen molar-refractivity contribution in [1.29, 1.82) is 0 Å². The van der Waals surface area contributed by atoms with Gasteiger partial charge in [0, 0.05) is 18.8 Å². The highest BCUT2D eigenvalue weighted by atomic mass is 35.5. The number of amides is 1. The molecule has 96 valence electrons. The van der Waals surface area contributed by atoms with E-state index in [9.17, 15) is 4.79 Å². The first kappa shape index (κ1) is 15.9. The molecule has 0 aliphatic carbocycles. The number of nitrogens with two attached hydrogens (primary N) is 1. The van der Waals surface area contributed by atoms with Crippen molar-refractivity contribution in [2.24, 2.45) is 5.73 Å². The van der Waals surface area contributed by atoms with Crippen molar-refractivity contribution in [2.75, 3.05) is 18.5 Å². The van der Waals surface area contributed by atoms with Crippen LogP contribution in [-0.4, -0.2) is 19.1 Å². The number of ether oxygens (including phenoxy) is 1. The van der Waals surface area contributed by atoms with E-state index in [1.165, 1.54) is 0 Å². The summed E-state index contributed by atoms with van der Waals surface area (Å²) in [6, 6.07) is 7.45. The molecule has 17 heavy (non-hydrogen) atoms. The summed E-state index contributed by atoms with van der Waals surface area (Å²) in [5.41, 5.74) is 7.28. The summed E-state index contributed by atoms with van der Waals surface area (Å²) in [4.78, 5) is 11.4. The quantitative estimate of drug-likeness (QED) is 0.767. The van der Waals surface area contributed by atoms with Gasteiger partial charge in [0.2, 0.25) is 5.91 Å². The van der Waals surface area contributed by atoms with Crippen LogP contribution >= 0.6 is 12.4 Å². The van der Waals surface area contributed by atoms with Gasteiger partial charge in [-0.1, -0.05) is 19.1 Å². The highest BCUT2D eigenvalue weighted by Gasteiger charge is 2.01. The van der Waals surface area contributed by atoms with Gasteiger partial charge in [0.1, 0.15) is 6.61 Å². The zero-order valence-corrected chi connectivity index (χ0v) is 10.8. The molecule has 0 radical (unpaired) electrons. The standard InChI is InChI=1S/C12H18N2O2.ClH/c1-2-7-16-9-12(15)14-11-5-3-10(8-13)4-6-11;/h3-6H,2,7-9,13H2,1H3,(H,14,15);1H. The van der Waals surface area contributed by atoms with E-state index in [-0.39, 0.29) is 24.9 Å². The normalized spacial score (nSPS) is 9.53. The van der Waals surface area contributed by atoms with Crippen LogP contribution in [0.25, 0.3) is 0 Å². The maximum Gasteiger partial charge on any atom is 0.250 e. The molecule has 0 aromatic heterocycles. The lowest BCUT2D eigenvalue weighted by molar-refractivity contribution is -0.120. The molecule has 0 aliphatic rings. The van der Waals surface area contributed by atoms with Gasteiger partial charge in [-0.3, -0.25) is 4.79 Å². The fourth-order valence-corrected chi connectivity index (χ4v) is 1.23. The van der Waals surface area contributed by atoms with Crippen LogP contribution in [0.5, 0.6) is 0 Å². The van der Waals surface area contributed by atoms with Gasteiger partial charge in [-0.2, -0.15) is 0 Å². The summed E-state index contributed by atoms with van der Waals surface area (Å²) in [6.45, 7) is 3.23. The Kier molecular flexibility index (Phi) is 8.40. The monoisotopic (exact) mass is 258 g/mol. The van der Waals surface area contributed by atoms with Gasteiger partial charge in [0.15, 0.2) is 0 Å². The van der Waals surface area contributed by atoms with Crippen LogP contribution < -0.4 is 11.1 Å². The Morgan fingerprint density at radius 3 is 2.53 bits per heavy atom. The summed E-state index contributed by atoms with van der Waals surface area (Å²) >= 11 is 0. The molecule has 1 amide bonds. The topological polar surface area (TPSA) is 64.3 Å². The highest BCUT2D eigenvalue weighted by molar-refractivity contribution is 5.91.